The first kappa shape index (κ1) is 21.3. The zero-order chi connectivity index (χ0) is 22.0. The number of carbonyl (C=O) groups is 3. The number of halogens is 1. The van der Waals surface area contributed by atoms with Crippen LogP contribution >= 0.6 is 11.6 Å². The highest BCUT2D eigenvalue weighted by Gasteiger charge is 2.36. The summed E-state index contributed by atoms with van der Waals surface area (Å²) in [7, 11) is 0. The lowest BCUT2D eigenvalue weighted by Crippen LogP contribution is -2.46. The van der Waals surface area contributed by atoms with Gasteiger partial charge in [-0.3, -0.25) is 14.4 Å². The number of hydrogen-bond acceptors (Lipinski definition) is 4. The molecule has 2 aromatic carbocycles. The number of para-hydroxylation sites is 1. The molecule has 4 rings (SSSR count). The molecule has 2 aliphatic heterocycles. The number of benzene rings is 2. The monoisotopic (exact) mass is 441 g/mol. The maximum absolute atomic E-state index is 12.7. The third-order valence-electron chi connectivity index (χ3n) is 6.02. The number of fused-ring (bicyclic) bond motifs is 1. The number of aliphatic hydroxyl groups is 1. The van der Waals surface area contributed by atoms with Gasteiger partial charge in [-0.1, -0.05) is 35.9 Å². The van der Waals surface area contributed by atoms with E-state index in [0.717, 1.165) is 5.56 Å². The van der Waals surface area contributed by atoms with Crippen LogP contribution in [0.3, 0.4) is 0 Å². The van der Waals surface area contributed by atoms with E-state index in [0.29, 0.717) is 42.2 Å². The summed E-state index contributed by atoms with van der Waals surface area (Å²) in [4.78, 5) is 39.3. The Morgan fingerprint density at radius 1 is 1.10 bits per heavy atom. The second kappa shape index (κ2) is 8.69. The van der Waals surface area contributed by atoms with Gasteiger partial charge >= 0.3 is 0 Å². The standard InChI is InChI=1S/C23H24ClN3O4/c24-16-7-5-15(6-8-16)23(31)11-13-27(14-12-23)20(28)10-9-19-22(30)25-18-4-2-1-3-17(18)21(29)26-19/h1-8,19,31H,9-14H2,(H,25,30)(H,26,29)/t19-/m1/s1. The van der Waals surface area contributed by atoms with Gasteiger partial charge in [0, 0.05) is 24.5 Å². The normalized spacial score (nSPS) is 20.3. The molecule has 0 bridgehead atoms. The fourth-order valence-corrected chi connectivity index (χ4v) is 4.24. The summed E-state index contributed by atoms with van der Waals surface area (Å²) in [5, 5.41) is 17.0. The first-order valence-electron chi connectivity index (χ1n) is 10.3. The maximum Gasteiger partial charge on any atom is 0.254 e. The number of likely N-dealkylation sites (tertiary alicyclic amines) is 1. The lowest BCUT2D eigenvalue weighted by atomic mass is 9.84. The zero-order valence-electron chi connectivity index (χ0n) is 16.9. The first-order chi connectivity index (χ1) is 14.9. The SMILES string of the molecule is O=C1N[C@H](CCC(=O)N2CCC(O)(c3ccc(Cl)cc3)CC2)C(=O)Nc2ccccc21. The fraction of sp³-hybridized carbons (Fsp3) is 0.348. The van der Waals surface area contributed by atoms with E-state index in [2.05, 4.69) is 10.6 Å². The van der Waals surface area contributed by atoms with Gasteiger partial charge in [-0.15, -0.1) is 0 Å². The molecule has 0 spiro atoms. The van der Waals surface area contributed by atoms with Crippen molar-refractivity contribution < 1.29 is 19.5 Å². The molecule has 3 amide bonds. The van der Waals surface area contributed by atoms with Crippen molar-refractivity contribution in [2.24, 2.45) is 0 Å². The Hall–Kier alpha value is -2.90. The van der Waals surface area contributed by atoms with Crippen molar-refractivity contribution in [2.45, 2.75) is 37.3 Å². The second-order valence-corrected chi connectivity index (χ2v) is 8.46. The Balaban J connectivity index is 1.32. The highest BCUT2D eigenvalue weighted by molar-refractivity contribution is 6.30. The summed E-state index contributed by atoms with van der Waals surface area (Å²) in [6.07, 6.45) is 1.20. The van der Waals surface area contributed by atoms with Crippen LogP contribution in [0.15, 0.2) is 48.5 Å². The highest BCUT2D eigenvalue weighted by atomic mass is 35.5. The van der Waals surface area contributed by atoms with E-state index >= 15 is 0 Å². The number of nitrogens with zero attached hydrogens (tertiary/aromatic N) is 1. The molecule has 1 atom stereocenters. The quantitative estimate of drug-likeness (QED) is 0.679. The molecule has 0 saturated carbocycles. The number of hydrogen-bond donors (Lipinski definition) is 3. The van der Waals surface area contributed by atoms with Crippen molar-refractivity contribution >= 4 is 35.0 Å². The Morgan fingerprint density at radius 3 is 2.48 bits per heavy atom. The van der Waals surface area contributed by atoms with Crippen LogP contribution < -0.4 is 10.6 Å². The van der Waals surface area contributed by atoms with E-state index in [1.165, 1.54) is 0 Å². The Morgan fingerprint density at radius 2 is 1.77 bits per heavy atom. The summed E-state index contributed by atoms with van der Waals surface area (Å²) in [5.41, 5.74) is 0.683. The van der Waals surface area contributed by atoms with Gasteiger partial charge in [0.05, 0.1) is 16.9 Å². The molecule has 31 heavy (non-hydrogen) atoms. The lowest BCUT2D eigenvalue weighted by molar-refractivity contribution is -0.136. The summed E-state index contributed by atoms with van der Waals surface area (Å²) in [6.45, 7) is 0.846. The van der Waals surface area contributed by atoms with Gasteiger partial charge in [-0.05, 0) is 49.1 Å². The Bertz CT molecular complexity index is 1000. The van der Waals surface area contributed by atoms with Gasteiger partial charge < -0.3 is 20.6 Å². The predicted octanol–water partition coefficient (Wildman–Crippen LogP) is 2.68. The predicted molar refractivity (Wildman–Crippen MR) is 117 cm³/mol. The molecule has 2 heterocycles. The fourth-order valence-electron chi connectivity index (χ4n) is 4.12. The van der Waals surface area contributed by atoms with Crippen molar-refractivity contribution in [3.8, 4) is 0 Å². The molecule has 0 unspecified atom stereocenters. The van der Waals surface area contributed by atoms with Crippen LogP contribution in [0.4, 0.5) is 5.69 Å². The van der Waals surface area contributed by atoms with Crippen LogP contribution in [-0.2, 0) is 15.2 Å². The minimum Gasteiger partial charge on any atom is -0.385 e. The minimum atomic E-state index is -0.984. The van der Waals surface area contributed by atoms with E-state index in [4.69, 9.17) is 11.6 Å². The van der Waals surface area contributed by atoms with Gasteiger partial charge in [-0.25, -0.2) is 0 Å². The van der Waals surface area contributed by atoms with Crippen molar-refractivity contribution in [3.63, 3.8) is 0 Å². The molecular formula is C23H24ClN3O4. The smallest absolute Gasteiger partial charge is 0.254 e. The van der Waals surface area contributed by atoms with Gasteiger partial charge in [0.2, 0.25) is 11.8 Å². The van der Waals surface area contributed by atoms with Gasteiger partial charge in [0.15, 0.2) is 0 Å². The average Bonchev–Trinajstić information content (AvgIpc) is 2.89. The summed E-state index contributed by atoms with van der Waals surface area (Å²) < 4.78 is 0. The summed E-state index contributed by atoms with van der Waals surface area (Å²) >= 11 is 5.93. The Labute approximate surface area is 185 Å². The van der Waals surface area contributed by atoms with E-state index < -0.39 is 11.6 Å². The topological polar surface area (TPSA) is 98.7 Å². The molecule has 0 aliphatic carbocycles. The molecule has 1 saturated heterocycles. The second-order valence-electron chi connectivity index (χ2n) is 8.02. The number of amides is 3. The lowest BCUT2D eigenvalue weighted by Gasteiger charge is -2.38. The molecule has 3 N–H and O–H groups in total. The van der Waals surface area contributed by atoms with Gasteiger partial charge in [0.25, 0.3) is 5.91 Å². The summed E-state index contributed by atoms with van der Waals surface area (Å²) in [5.74, 6) is -0.763. The zero-order valence-corrected chi connectivity index (χ0v) is 17.7. The molecule has 8 heteroatoms. The van der Waals surface area contributed by atoms with E-state index in [-0.39, 0.29) is 30.6 Å². The number of nitrogens with one attached hydrogen (secondary N) is 2. The van der Waals surface area contributed by atoms with Crippen LogP contribution in [0.5, 0.6) is 0 Å². The molecule has 1 fully saturated rings. The molecule has 2 aromatic rings. The van der Waals surface area contributed by atoms with Crippen molar-refractivity contribution in [3.05, 3.63) is 64.7 Å². The number of anilines is 1. The van der Waals surface area contributed by atoms with Crippen LogP contribution in [-0.4, -0.2) is 46.9 Å². The molecule has 0 radical (unpaired) electrons. The average molecular weight is 442 g/mol. The van der Waals surface area contributed by atoms with Crippen molar-refractivity contribution in [1.82, 2.24) is 10.2 Å². The molecule has 162 valence electrons. The molecule has 0 aromatic heterocycles. The van der Waals surface area contributed by atoms with E-state index in [1.807, 2.05) is 12.1 Å². The van der Waals surface area contributed by atoms with Crippen LogP contribution in [0.2, 0.25) is 5.02 Å². The van der Waals surface area contributed by atoms with E-state index in [9.17, 15) is 19.5 Å². The Kier molecular flexibility index (Phi) is 5.98. The maximum atomic E-state index is 12.7. The molecule has 7 nitrogen and oxygen atoms in total. The highest BCUT2D eigenvalue weighted by Crippen LogP contribution is 2.33. The van der Waals surface area contributed by atoms with E-state index in [1.54, 1.807) is 41.3 Å². The number of rotatable bonds is 4. The van der Waals surface area contributed by atoms with Crippen molar-refractivity contribution in [1.29, 1.82) is 0 Å². The minimum absolute atomic E-state index is 0.0954. The third kappa shape index (κ3) is 4.57. The van der Waals surface area contributed by atoms with Crippen LogP contribution in [0.1, 0.15) is 41.6 Å². The molecular weight excluding hydrogens is 418 g/mol. The van der Waals surface area contributed by atoms with Gasteiger partial charge in [-0.2, -0.15) is 0 Å². The third-order valence-corrected chi connectivity index (χ3v) is 6.28. The largest absolute Gasteiger partial charge is 0.385 e. The number of piperidine rings is 1. The first-order valence-corrected chi connectivity index (χ1v) is 10.7. The van der Waals surface area contributed by atoms with Crippen LogP contribution in [0.25, 0.3) is 0 Å². The van der Waals surface area contributed by atoms with Crippen molar-refractivity contribution in [2.75, 3.05) is 18.4 Å². The molecule has 2 aliphatic rings. The summed E-state index contributed by atoms with van der Waals surface area (Å²) in [6, 6.07) is 13.1. The van der Waals surface area contributed by atoms with Crippen LogP contribution in [0, 0.1) is 0 Å². The number of carbonyl (C=O) groups excluding carboxylic acids is 3. The van der Waals surface area contributed by atoms with Gasteiger partial charge in [0.1, 0.15) is 6.04 Å².